The minimum Gasteiger partial charge on any atom is -0.376 e. The fourth-order valence-corrected chi connectivity index (χ4v) is 3.81. The number of carbonyl (C=O) groups is 1. The number of rotatable bonds is 7. The summed E-state index contributed by atoms with van der Waals surface area (Å²) in [6, 6.07) is 4.61. The van der Waals surface area contributed by atoms with Crippen LogP contribution < -0.4 is 5.32 Å². The zero-order valence-electron chi connectivity index (χ0n) is 16.6. The van der Waals surface area contributed by atoms with Crippen LogP contribution in [0.2, 0.25) is 0 Å². The van der Waals surface area contributed by atoms with E-state index < -0.39 is 4.92 Å². The summed E-state index contributed by atoms with van der Waals surface area (Å²) in [5.74, 6) is 0.604. The van der Waals surface area contributed by atoms with Gasteiger partial charge in [0.1, 0.15) is 5.69 Å². The number of imidazole rings is 1. The molecule has 28 heavy (non-hydrogen) atoms. The quantitative estimate of drug-likeness (QED) is 0.447. The molecule has 3 rings (SSSR count). The number of nitrogens with zero attached hydrogens (tertiary/aromatic N) is 4. The first kappa shape index (κ1) is 20.0. The smallest absolute Gasteiger partial charge is 0.293 e. The summed E-state index contributed by atoms with van der Waals surface area (Å²) in [6.45, 7) is 7.23. The maximum Gasteiger partial charge on any atom is 0.293 e. The number of benzene rings is 1. The molecule has 1 aromatic carbocycles. The number of anilines is 1. The fraction of sp³-hybridized carbons (Fsp3) is 0.500. The molecule has 0 aliphatic carbocycles. The normalized spacial score (nSPS) is 18.6. The summed E-state index contributed by atoms with van der Waals surface area (Å²) in [7, 11) is 1.72. The van der Waals surface area contributed by atoms with Crippen LogP contribution in [-0.4, -0.2) is 50.8 Å². The second-order valence-corrected chi connectivity index (χ2v) is 7.73. The molecule has 2 atom stereocenters. The van der Waals surface area contributed by atoms with Crippen LogP contribution in [0.4, 0.5) is 11.4 Å². The van der Waals surface area contributed by atoms with Crippen molar-refractivity contribution in [3.63, 3.8) is 0 Å². The van der Waals surface area contributed by atoms with Gasteiger partial charge in [-0.3, -0.25) is 14.9 Å². The van der Waals surface area contributed by atoms with E-state index in [9.17, 15) is 14.9 Å². The molecule has 1 saturated heterocycles. The number of piperidine rings is 1. The number of nitrogens with one attached hydrogen (secondary N) is 1. The highest BCUT2D eigenvalue weighted by Crippen LogP contribution is 2.27. The summed E-state index contributed by atoms with van der Waals surface area (Å²) < 4.78 is 1.60. The Morgan fingerprint density at radius 2 is 2.25 bits per heavy atom. The molecule has 0 radical (unpaired) electrons. The average molecular weight is 385 g/mol. The van der Waals surface area contributed by atoms with E-state index in [2.05, 4.69) is 22.1 Å². The van der Waals surface area contributed by atoms with Gasteiger partial charge in [0.25, 0.3) is 5.69 Å². The Labute approximate surface area is 164 Å². The maximum atomic E-state index is 12.6. The van der Waals surface area contributed by atoms with Gasteiger partial charge in [-0.25, -0.2) is 4.98 Å². The zero-order valence-corrected chi connectivity index (χ0v) is 16.6. The molecule has 1 fully saturated rings. The van der Waals surface area contributed by atoms with E-state index in [0.717, 1.165) is 19.6 Å². The van der Waals surface area contributed by atoms with Crippen molar-refractivity contribution < 1.29 is 9.72 Å². The summed E-state index contributed by atoms with van der Waals surface area (Å²) in [6.07, 6.45) is 5.65. The highest BCUT2D eigenvalue weighted by Gasteiger charge is 2.23. The van der Waals surface area contributed by atoms with Crippen LogP contribution >= 0.6 is 0 Å². The third-order valence-corrected chi connectivity index (χ3v) is 5.16. The van der Waals surface area contributed by atoms with Crippen LogP contribution in [0.5, 0.6) is 0 Å². The van der Waals surface area contributed by atoms with Gasteiger partial charge in [-0.15, -0.1) is 0 Å². The minimum atomic E-state index is -0.451. The van der Waals surface area contributed by atoms with Crippen molar-refractivity contribution in [2.75, 3.05) is 25.0 Å². The molecule has 2 aromatic rings. The number of nitro benzene ring substituents is 1. The van der Waals surface area contributed by atoms with Crippen LogP contribution in [-0.2, 0) is 7.05 Å². The largest absolute Gasteiger partial charge is 0.376 e. The molecule has 1 N–H and O–H groups in total. The molecule has 1 aliphatic heterocycles. The number of ketones is 1. The van der Waals surface area contributed by atoms with Crippen LogP contribution in [0.25, 0.3) is 0 Å². The van der Waals surface area contributed by atoms with E-state index in [1.54, 1.807) is 29.9 Å². The van der Waals surface area contributed by atoms with Crippen molar-refractivity contribution in [3.8, 4) is 0 Å². The molecule has 150 valence electrons. The van der Waals surface area contributed by atoms with Crippen LogP contribution in [0.1, 0.15) is 42.9 Å². The van der Waals surface area contributed by atoms with Crippen molar-refractivity contribution in [2.45, 2.75) is 32.7 Å². The monoisotopic (exact) mass is 385 g/mol. The van der Waals surface area contributed by atoms with Gasteiger partial charge >= 0.3 is 0 Å². The van der Waals surface area contributed by atoms with E-state index in [4.69, 9.17) is 0 Å². The molecule has 8 nitrogen and oxygen atoms in total. The third-order valence-electron chi connectivity index (χ3n) is 5.16. The summed E-state index contributed by atoms with van der Waals surface area (Å²) in [5, 5.41) is 14.8. The lowest BCUT2D eigenvalue weighted by atomic mass is 10.00. The molecule has 0 bridgehead atoms. The number of hydrogen-bond donors (Lipinski definition) is 1. The standard InChI is InChI=1S/C20H27N5O3/c1-14-5-4-9-24(12-14)13-15(2)22-17-7-6-16(11-18(17)25(27)28)19(26)20-21-8-10-23(20)3/h6-8,10-11,14-15,22H,4-5,9,12-13H2,1-3H3. The molecule has 0 saturated carbocycles. The lowest BCUT2D eigenvalue weighted by Gasteiger charge is -2.33. The molecule has 0 amide bonds. The van der Waals surface area contributed by atoms with E-state index >= 15 is 0 Å². The second kappa shape index (κ2) is 8.52. The Morgan fingerprint density at radius 3 is 2.89 bits per heavy atom. The highest BCUT2D eigenvalue weighted by atomic mass is 16.6. The van der Waals surface area contributed by atoms with Crippen molar-refractivity contribution in [2.24, 2.45) is 13.0 Å². The lowest BCUT2D eigenvalue weighted by Crippen LogP contribution is -2.40. The number of carbonyl (C=O) groups excluding carboxylic acids is 1. The van der Waals surface area contributed by atoms with Gasteiger partial charge in [0, 0.05) is 50.2 Å². The van der Waals surface area contributed by atoms with E-state index in [1.165, 1.54) is 25.1 Å². The van der Waals surface area contributed by atoms with Crippen molar-refractivity contribution in [1.82, 2.24) is 14.5 Å². The van der Waals surface area contributed by atoms with Crippen molar-refractivity contribution in [1.29, 1.82) is 0 Å². The highest BCUT2D eigenvalue weighted by molar-refractivity contribution is 6.07. The van der Waals surface area contributed by atoms with Gasteiger partial charge < -0.3 is 14.8 Å². The van der Waals surface area contributed by atoms with Crippen molar-refractivity contribution in [3.05, 3.63) is 52.1 Å². The molecule has 2 heterocycles. The van der Waals surface area contributed by atoms with E-state index in [1.807, 2.05) is 6.92 Å². The second-order valence-electron chi connectivity index (χ2n) is 7.73. The summed E-state index contributed by atoms with van der Waals surface area (Å²) in [4.78, 5) is 30.2. The predicted molar refractivity (Wildman–Crippen MR) is 108 cm³/mol. The topological polar surface area (TPSA) is 93.3 Å². The summed E-state index contributed by atoms with van der Waals surface area (Å²) in [5.41, 5.74) is 0.585. The Morgan fingerprint density at radius 1 is 1.46 bits per heavy atom. The lowest BCUT2D eigenvalue weighted by molar-refractivity contribution is -0.384. The first-order valence-electron chi connectivity index (χ1n) is 9.64. The van der Waals surface area contributed by atoms with Gasteiger partial charge in [0.15, 0.2) is 5.82 Å². The average Bonchev–Trinajstić information content (AvgIpc) is 3.07. The number of hydrogen-bond acceptors (Lipinski definition) is 6. The number of nitro groups is 1. The van der Waals surface area contributed by atoms with Gasteiger partial charge in [0.2, 0.25) is 5.78 Å². The molecule has 1 aromatic heterocycles. The van der Waals surface area contributed by atoms with Crippen molar-refractivity contribution >= 4 is 17.2 Å². The van der Waals surface area contributed by atoms with Crippen LogP contribution in [0, 0.1) is 16.0 Å². The Balaban J connectivity index is 1.75. The van der Waals surface area contributed by atoms with Gasteiger partial charge in [0.05, 0.1) is 4.92 Å². The van der Waals surface area contributed by atoms with Gasteiger partial charge in [-0.1, -0.05) is 6.92 Å². The first-order chi connectivity index (χ1) is 13.3. The van der Waals surface area contributed by atoms with Crippen LogP contribution in [0.15, 0.2) is 30.6 Å². The van der Waals surface area contributed by atoms with Crippen LogP contribution in [0.3, 0.4) is 0 Å². The first-order valence-corrected chi connectivity index (χ1v) is 9.64. The SMILES string of the molecule is CC1CCCN(CC(C)Nc2ccc(C(=O)c3nccn3C)cc2[N+](=O)[O-])C1. The third kappa shape index (κ3) is 4.56. The number of likely N-dealkylation sites (tertiary alicyclic amines) is 1. The maximum absolute atomic E-state index is 12.6. The zero-order chi connectivity index (χ0) is 20.3. The number of aryl methyl sites for hydroxylation is 1. The fourth-order valence-electron chi connectivity index (χ4n) is 3.81. The minimum absolute atomic E-state index is 0.0556. The van der Waals surface area contributed by atoms with E-state index in [-0.39, 0.29) is 28.9 Å². The van der Waals surface area contributed by atoms with Gasteiger partial charge in [-0.2, -0.15) is 0 Å². The predicted octanol–water partition coefficient (Wildman–Crippen LogP) is 3.09. The van der Waals surface area contributed by atoms with Gasteiger partial charge in [-0.05, 0) is 44.4 Å². The molecule has 8 heteroatoms. The molecule has 1 aliphatic rings. The Bertz CT molecular complexity index is 863. The van der Waals surface area contributed by atoms with E-state index in [0.29, 0.717) is 11.6 Å². The summed E-state index contributed by atoms with van der Waals surface area (Å²) >= 11 is 0. The molecule has 0 spiro atoms. The Hall–Kier alpha value is -2.74. The molecular formula is C20H27N5O3. The molecular weight excluding hydrogens is 358 g/mol. The number of aromatic nitrogens is 2. The molecule has 2 unspecified atom stereocenters. The Kier molecular flexibility index (Phi) is 6.08.